The van der Waals surface area contributed by atoms with Crippen molar-refractivity contribution in [1.29, 1.82) is 0 Å². The molecule has 0 radical (unpaired) electrons. The second-order valence-electron chi connectivity index (χ2n) is 3.93. The summed E-state index contributed by atoms with van der Waals surface area (Å²) in [6.45, 7) is 1.67. The van der Waals surface area contributed by atoms with Crippen LogP contribution in [0, 0.1) is 0 Å². The fourth-order valence-corrected chi connectivity index (χ4v) is 1.49. The Labute approximate surface area is 105 Å². The molecule has 6 heteroatoms. The normalized spacial score (nSPS) is 11.7. The highest BCUT2D eigenvalue weighted by Crippen LogP contribution is 2.26. The third-order valence-electron chi connectivity index (χ3n) is 2.33. The number of carbonyl (C=O) groups excluding carboxylic acids is 2. The van der Waals surface area contributed by atoms with Crippen LogP contribution in [0.3, 0.4) is 0 Å². The van der Waals surface area contributed by atoms with Gasteiger partial charge in [-0.05, 0) is 25.1 Å². The number of phenols is 1. The molecule has 0 heterocycles. The Bertz CT molecular complexity index is 459. The molecule has 4 N–H and O–H groups in total. The van der Waals surface area contributed by atoms with Crippen molar-refractivity contribution in [1.82, 2.24) is 5.32 Å². The zero-order valence-corrected chi connectivity index (χ0v) is 10.3. The van der Waals surface area contributed by atoms with E-state index in [1.165, 1.54) is 25.3 Å². The van der Waals surface area contributed by atoms with Crippen molar-refractivity contribution in [3.05, 3.63) is 23.8 Å². The summed E-state index contributed by atoms with van der Waals surface area (Å²) in [5, 5.41) is 12.1. The number of nitrogens with one attached hydrogen (secondary N) is 1. The molecular weight excluding hydrogens is 236 g/mol. The van der Waals surface area contributed by atoms with Crippen molar-refractivity contribution >= 4 is 11.8 Å². The summed E-state index contributed by atoms with van der Waals surface area (Å²) in [7, 11) is 1.42. The minimum absolute atomic E-state index is 0.0634. The first-order valence-electron chi connectivity index (χ1n) is 5.40. The van der Waals surface area contributed by atoms with Gasteiger partial charge in [-0.1, -0.05) is 0 Å². The molecule has 18 heavy (non-hydrogen) atoms. The van der Waals surface area contributed by atoms with E-state index in [4.69, 9.17) is 10.5 Å². The van der Waals surface area contributed by atoms with E-state index in [0.717, 1.165) is 0 Å². The van der Waals surface area contributed by atoms with E-state index in [1.54, 1.807) is 6.92 Å². The third kappa shape index (κ3) is 3.65. The highest BCUT2D eigenvalue weighted by atomic mass is 16.5. The molecule has 0 aliphatic carbocycles. The van der Waals surface area contributed by atoms with Gasteiger partial charge >= 0.3 is 0 Å². The zero-order valence-electron chi connectivity index (χ0n) is 10.3. The summed E-state index contributed by atoms with van der Waals surface area (Å²) in [5.74, 6) is -0.702. The molecule has 98 valence electrons. The largest absolute Gasteiger partial charge is 0.504 e. The maximum Gasteiger partial charge on any atom is 0.251 e. The fraction of sp³-hybridized carbons (Fsp3) is 0.333. The SMILES string of the molecule is COc1ccc(C(=O)NC(C)CC(N)=O)cc1O. The molecule has 1 atom stereocenters. The molecule has 0 fully saturated rings. The maximum absolute atomic E-state index is 11.8. The maximum atomic E-state index is 11.8. The van der Waals surface area contributed by atoms with Gasteiger partial charge in [0.15, 0.2) is 11.5 Å². The standard InChI is InChI=1S/C12H16N2O4/c1-7(5-11(13)16)14-12(17)8-3-4-10(18-2)9(15)6-8/h3-4,6-7,15H,5H2,1-2H3,(H2,13,16)(H,14,17). The Morgan fingerprint density at radius 1 is 1.50 bits per heavy atom. The number of benzene rings is 1. The minimum atomic E-state index is -0.486. The first-order valence-corrected chi connectivity index (χ1v) is 5.40. The molecule has 0 aliphatic heterocycles. The zero-order chi connectivity index (χ0) is 13.7. The average molecular weight is 252 g/mol. The van der Waals surface area contributed by atoms with Crippen molar-refractivity contribution in [3.8, 4) is 11.5 Å². The number of hydrogen-bond donors (Lipinski definition) is 3. The lowest BCUT2D eigenvalue weighted by Gasteiger charge is -2.12. The molecule has 0 bridgehead atoms. The van der Waals surface area contributed by atoms with Gasteiger partial charge in [0.25, 0.3) is 5.91 Å². The number of aromatic hydroxyl groups is 1. The number of primary amides is 1. The van der Waals surface area contributed by atoms with E-state index in [1.807, 2.05) is 0 Å². The van der Waals surface area contributed by atoms with Gasteiger partial charge in [0.05, 0.1) is 7.11 Å². The van der Waals surface area contributed by atoms with Gasteiger partial charge in [0, 0.05) is 18.0 Å². The lowest BCUT2D eigenvalue weighted by atomic mass is 10.1. The van der Waals surface area contributed by atoms with E-state index in [2.05, 4.69) is 5.32 Å². The summed E-state index contributed by atoms with van der Waals surface area (Å²) < 4.78 is 4.87. The molecule has 0 aliphatic rings. The molecule has 0 aromatic heterocycles. The van der Waals surface area contributed by atoms with Gasteiger partial charge in [-0.15, -0.1) is 0 Å². The molecule has 2 amide bonds. The minimum Gasteiger partial charge on any atom is -0.504 e. The van der Waals surface area contributed by atoms with Crippen LogP contribution in [0.1, 0.15) is 23.7 Å². The second-order valence-corrected chi connectivity index (χ2v) is 3.93. The Kier molecular flexibility index (Phi) is 4.53. The van der Waals surface area contributed by atoms with Crippen LogP contribution >= 0.6 is 0 Å². The molecule has 1 aromatic carbocycles. The number of carbonyl (C=O) groups is 2. The van der Waals surface area contributed by atoms with E-state index >= 15 is 0 Å². The van der Waals surface area contributed by atoms with E-state index in [9.17, 15) is 14.7 Å². The predicted octanol–water partition coefficient (Wildman–Crippen LogP) is 0.395. The Hall–Kier alpha value is -2.24. The van der Waals surface area contributed by atoms with Gasteiger partial charge in [-0.25, -0.2) is 0 Å². The van der Waals surface area contributed by atoms with Crippen molar-refractivity contribution in [2.75, 3.05) is 7.11 Å². The first kappa shape index (κ1) is 13.8. The lowest BCUT2D eigenvalue weighted by Crippen LogP contribution is -2.35. The van der Waals surface area contributed by atoms with Crippen LogP contribution in [0.2, 0.25) is 0 Å². The lowest BCUT2D eigenvalue weighted by molar-refractivity contribution is -0.118. The number of rotatable bonds is 5. The van der Waals surface area contributed by atoms with Gasteiger partial charge in [-0.2, -0.15) is 0 Å². The number of amides is 2. The van der Waals surface area contributed by atoms with Gasteiger partial charge in [0.2, 0.25) is 5.91 Å². The topological polar surface area (TPSA) is 102 Å². The van der Waals surface area contributed by atoms with Crippen molar-refractivity contribution < 1.29 is 19.4 Å². The number of phenolic OH excluding ortho intramolecular Hbond substituents is 1. The average Bonchev–Trinajstić information content (AvgIpc) is 2.27. The second kappa shape index (κ2) is 5.90. The third-order valence-corrected chi connectivity index (χ3v) is 2.33. The smallest absolute Gasteiger partial charge is 0.251 e. The molecule has 1 unspecified atom stereocenters. The quantitative estimate of drug-likeness (QED) is 0.705. The number of nitrogens with two attached hydrogens (primary N) is 1. The molecular formula is C12H16N2O4. The number of ether oxygens (including phenoxy) is 1. The van der Waals surface area contributed by atoms with Crippen LogP contribution in [0.5, 0.6) is 11.5 Å². The van der Waals surface area contributed by atoms with Crippen LogP contribution < -0.4 is 15.8 Å². The van der Waals surface area contributed by atoms with Crippen LogP contribution in [0.25, 0.3) is 0 Å². The Morgan fingerprint density at radius 2 is 2.17 bits per heavy atom. The molecule has 6 nitrogen and oxygen atoms in total. The van der Waals surface area contributed by atoms with Crippen LogP contribution in [0.15, 0.2) is 18.2 Å². The van der Waals surface area contributed by atoms with Gasteiger partial charge in [0.1, 0.15) is 0 Å². The Morgan fingerprint density at radius 3 is 2.67 bits per heavy atom. The van der Waals surface area contributed by atoms with Crippen LogP contribution in [-0.2, 0) is 4.79 Å². The van der Waals surface area contributed by atoms with Crippen LogP contribution in [0.4, 0.5) is 0 Å². The summed E-state index contributed by atoms with van der Waals surface area (Å²) in [6, 6.07) is 3.94. The molecule has 1 rings (SSSR count). The van der Waals surface area contributed by atoms with E-state index in [-0.39, 0.29) is 35.4 Å². The predicted molar refractivity (Wildman–Crippen MR) is 65.4 cm³/mol. The molecule has 0 saturated heterocycles. The van der Waals surface area contributed by atoms with Crippen molar-refractivity contribution in [2.24, 2.45) is 5.73 Å². The van der Waals surface area contributed by atoms with Crippen molar-refractivity contribution in [2.45, 2.75) is 19.4 Å². The summed E-state index contributed by atoms with van der Waals surface area (Å²) >= 11 is 0. The summed E-state index contributed by atoms with van der Waals surface area (Å²) in [6.07, 6.45) is 0.0634. The van der Waals surface area contributed by atoms with Crippen LogP contribution in [-0.4, -0.2) is 30.1 Å². The van der Waals surface area contributed by atoms with Gasteiger partial charge in [-0.3, -0.25) is 9.59 Å². The Balaban J connectivity index is 2.72. The number of methoxy groups -OCH3 is 1. The molecule has 1 aromatic rings. The summed E-state index contributed by atoms with van der Waals surface area (Å²) in [5.41, 5.74) is 5.31. The molecule has 0 saturated carbocycles. The highest BCUT2D eigenvalue weighted by Gasteiger charge is 2.13. The van der Waals surface area contributed by atoms with E-state index < -0.39 is 5.91 Å². The van der Waals surface area contributed by atoms with Gasteiger partial charge < -0.3 is 20.9 Å². The molecule has 0 spiro atoms. The fourth-order valence-electron chi connectivity index (χ4n) is 1.49. The summed E-state index contributed by atoms with van der Waals surface area (Å²) in [4.78, 5) is 22.5. The monoisotopic (exact) mass is 252 g/mol. The van der Waals surface area contributed by atoms with Crippen molar-refractivity contribution in [3.63, 3.8) is 0 Å². The van der Waals surface area contributed by atoms with E-state index in [0.29, 0.717) is 0 Å². The number of hydrogen-bond acceptors (Lipinski definition) is 4. The first-order chi connectivity index (χ1) is 8.43. The highest BCUT2D eigenvalue weighted by molar-refractivity contribution is 5.95.